The Bertz CT molecular complexity index is 222. The molecule has 0 heterocycles. The Hall–Kier alpha value is -1.40. The van der Waals surface area contributed by atoms with Crippen molar-refractivity contribution in [3.8, 4) is 0 Å². The van der Waals surface area contributed by atoms with Crippen molar-refractivity contribution in [3.63, 3.8) is 0 Å². The van der Waals surface area contributed by atoms with E-state index in [4.69, 9.17) is 10.8 Å². The Morgan fingerprint density at radius 1 is 1.22 bits per heavy atom. The third-order valence-electron chi connectivity index (χ3n) is 1.01. The molecule has 0 aromatic heterocycles. The van der Waals surface area contributed by atoms with Crippen molar-refractivity contribution < 1.29 is 0 Å². The highest BCUT2D eigenvalue weighted by Crippen LogP contribution is 2.00. The van der Waals surface area contributed by atoms with Gasteiger partial charge in [-0.1, -0.05) is 0 Å². The van der Waals surface area contributed by atoms with E-state index in [2.05, 4.69) is 0 Å². The molecule has 0 aromatic carbocycles. The van der Waals surface area contributed by atoms with Gasteiger partial charge < -0.3 is 10.8 Å². The second kappa shape index (κ2) is 2.25. The zero-order valence-corrected chi connectivity index (χ0v) is 4.76. The Labute approximate surface area is 53.2 Å². The average molecular weight is 117 g/mol. The van der Waals surface area contributed by atoms with Crippen LogP contribution in [0.25, 0.3) is 5.41 Å². The number of hydrogen-bond acceptors (Lipinski definition) is 1. The maximum Gasteiger partial charge on any atom is 0.0540 e. The maximum atomic E-state index is 8.32. The van der Waals surface area contributed by atoms with E-state index in [-0.39, 0.29) is 0 Å². The second-order valence-electron chi connectivity index (χ2n) is 1.69. The van der Waals surface area contributed by atoms with E-state index in [0.29, 0.717) is 11.3 Å². The minimum Gasteiger partial charge on any atom is -0.763 e. The van der Waals surface area contributed by atoms with Crippen molar-refractivity contribution in [2.24, 2.45) is 0 Å². The Balaban J connectivity index is 2.94. The van der Waals surface area contributed by atoms with Crippen LogP contribution in [0.3, 0.4) is 0 Å². The SMILES string of the molecule is [N-]=C=C1C=CC(=N)C=C1. The summed E-state index contributed by atoms with van der Waals surface area (Å²) in [4.78, 5) is 0. The van der Waals surface area contributed by atoms with Gasteiger partial charge in [0.2, 0.25) is 0 Å². The van der Waals surface area contributed by atoms with Crippen LogP contribution < -0.4 is 0 Å². The molecule has 9 heavy (non-hydrogen) atoms. The fourth-order valence-corrected chi connectivity index (χ4v) is 0.545. The lowest BCUT2D eigenvalue weighted by Crippen LogP contribution is -1.89. The summed E-state index contributed by atoms with van der Waals surface area (Å²) in [5.41, 5.74) is 1.04. The molecule has 1 aliphatic carbocycles. The standard InChI is InChI=1S/C7H5N2/c8-5-6-1-3-7(9)4-2-6/h1-4,9H/q-1. The van der Waals surface area contributed by atoms with E-state index < -0.39 is 0 Å². The smallest absolute Gasteiger partial charge is 0.0540 e. The molecule has 1 N–H and O–H groups in total. The maximum absolute atomic E-state index is 8.32. The van der Waals surface area contributed by atoms with E-state index in [1.54, 1.807) is 24.3 Å². The molecule has 0 radical (unpaired) electrons. The lowest BCUT2D eigenvalue weighted by atomic mass is 10.1. The minimum absolute atomic E-state index is 0.439. The fourth-order valence-electron chi connectivity index (χ4n) is 0.545. The highest BCUT2D eigenvalue weighted by atomic mass is 14.4. The van der Waals surface area contributed by atoms with Crippen molar-refractivity contribution in [1.29, 1.82) is 5.41 Å². The van der Waals surface area contributed by atoms with E-state index >= 15 is 0 Å². The van der Waals surface area contributed by atoms with Crippen LogP contribution in [-0.4, -0.2) is 11.6 Å². The lowest BCUT2D eigenvalue weighted by Gasteiger charge is -1.97. The first-order chi connectivity index (χ1) is 4.33. The quantitative estimate of drug-likeness (QED) is 0.465. The number of rotatable bonds is 0. The van der Waals surface area contributed by atoms with Crippen molar-refractivity contribution in [1.82, 2.24) is 0 Å². The molecule has 0 amide bonds. The largest absolute Gasteiger partial charge is 0.763 e. The summed E-state index contributed by atoms with van der Waals surface area (Å²) in [5, 5.41) is 15.4. The molecule has 0 unspecified atom stereocenters. The third-order valence-corrected chi connectivity index (χ3v) is 1.01. The summed E-state index contributed by atoms with van der Waals surface area (Å²) >= 11 is 0. The van der Waals surface area contributed by atoms with Crippen LogP contribution >= 0.6 is 0 Å². The summed E-state index contributed by atoms with van der Waals surface area (Å²) in [5.74, 6) is 1.97. The molecule has 2 heteroatoms. The lowest BCUT2D eigenvalue weighted by molar-refractivity contribution is 1.52. The molecule has 0 saturated heterocycles. The fraction of sp³-hybridized carbons (Fsp3) is 0. The van der Waals surface area contributed by atoms with Gasteiger partial charge in [0.15, 0.2) is 0 Å². The normalized spacial score (nSPS) is 16.0. The van der Waals surface area contributed by atoms with Crippen LogP contribution in [0.4, 0.5) is 0 Å². The first-order valence-electron chi connectivity index (χ1n) is 2.54. The van der Waals surface area contributed by atoms with Gasteiger partial charge in [0.25, 0.3) is 0 Å². The predicted octanol–water partition coefficient (Wildman–Crippen LogP) is 1.30. The van der Waals surface area contributed by atoms with Crippen LogP contribution in [-0.2, 0) is 0 Å². The average Bonchev–Trinajstić information content (AvgIpc) is 1.90. The Morgan fingerprint density at radius 2 is 1.78 bits per heavy atom. The first-order valence-corrected chi connectivity index (χ1v) is 2.54. The summed E-state index contributed by atoms with van der Waals surface area (Å²) in [7, 11) is 0. The van der Waals surface area contributed by atoms with Crippen LogP contribution in [0.2, 0.25) is 0 Å². The molecule has 1 aliphatic rings. The highest BCUT2D eigenvalue weighted by molar-refractivity contribution is 6.04. The highest BCUT2D eigenvalue weighted by Gasteiger charge is 1.90. The van der Waals surface area contributed by atoms with Crippen LogP contribution in [0, 0.1) is 5.41 Å². The summed E-state index contributed by atoms with van der Waals surface area (Å²) in [6, 6.07) is 0. The Kier molecular flexibility index (Phi) is 1.43. The number of nitrogens with one attached hydrogen (secondary N) is 1. The van der Waals surface area contributed by atoms with E-state index in [9.17, 15) is 0 Å². The summed E-state index contributed by atoms with van der Waals surface area (Å²) in [6.07, 6.45) is 6.45. The van der Waals surface area contributed by atoms with Gasteiger partial charge in [-0.15, -0.1) is 0 Å². The van der Waals surface area contributed by atoms with Gasteiger partial charge >= 0.3 is 0 Å². The monoisotopic (exact) mass is 117 g/mol. The van der Waals surface area contributed by atoms with E-state index in [0.717, 1.165) is 0 Å². The van der Waals surface area contributed by atoms with Crippen molar-refractivity contribution >= 4 is 11.6 Å². The van der Waals surface area contributed by atoms with Gasteiger partial charge in [-0.2, -0.15) is 0 Å². The molecule has 0 saturated carbocycles. The van der Waals surface area contributed by atoms with Gasteiger partial charge in [0, 0.05) is 0 Å². The Morgan fingerprint density at radius 3 is 2.22 bits per heavy atom. The minimum atomic E-state index is 0.439. The molecule has 2 nitrogen and oxygen atoms in total. The van der Waals surface area contributed by atoms with Crippen LogP contribution in [0.1, 0.15) is 0 Å². The number of allylic oxidation sites excluding steroid dienone is 5. The topological polar surface area (TPSA) is 46.2 Å². The van der Waals surface area contributed by atoms with Crippen molar-refractivity contribution in [2.45, 2.75) is 0 Å². The van der Waals surface area contributed by atoms with Crippen molar-refractivity contribution in [3.05, 3.63) is 35.3 Å². The molecule has 0 atom stereocenters. The zero-order valence-electron chi connectivity index (χ0n) is 4.76. The first kappa shape index (κ1) is 5.73. The second-order valence-corrected chi connectivity index (χ2v) is 1.69. The molecule has 0 aliphatic heterocycles. The molecule has 1 rings (SSSR count). The van der Waals surface area contributed by atoms with Crippen molar-refractivity contribution in [2.75, 3.05) is 0 Å². The van der Waals surface area contributed by atoms with Gasteiger partial charge in [-0.25, -0.2) is 0 Å². The summed E-state index contributed by atoms with van der Waals surface area (Å²) in [6.45, 7) is 0. The predicted molar refractivity (Wildman–Crippen MR) is 37.9 cm³/mol. The number of nitrogens with zero attached hydrogens (tertiary/aromatic N) is 1. The molecular weight excluding hydrogens is 112 g/mol. The molecule has 0 bridgehead atoms. The molecule has 0 aromatic rings. The van der Waals surface area contributed by atoms with Crippen LogP contribution in [0.5, 0.6) is 0 Å². The third kappa shape index (κ3) is 1.24. The molecule has 0 spiro atoms. The van der Waals surface area contributed by atoms with Gasteiger partial charge in [0.05, 0.1) is 5.71 Å². The van der Waals surface area contributed by atoms with Crippen LogP contribution in [0.15, 0.2) is 29.9 Å². The number of hydrogen-bond donors (Lipinski definition) is 1. The van der Waals surface area contributed by atoms with Gasteiger partial charge in [0.1, 0.15) is 0 Å². The summed E-state index contributed by atoms with van der Waals surface area (Å²) < 4.78 is 0. The molecule has 0 fully saturated rings. The molecular formula is C7H5N2-. The van der Waals surface area contributed by atoms with E-state index in [1.807, 2.05) is 5.87 Å². The zero-order chi connectivity index (χ0) is 6.69. The van der Waals surface area contributed by atoms with E-state index in [1.165, 1.54) is 0 Å². The van der Waals surface area contributed by atoms with Gasteiger partial charge in [-0.05, 0) is 29.9 Å². The molecule has 44 valence electrons. The van der Waals surface area contributed by atoms with Gasteiger partial charge in [-0.3, -0.25) is 5.87 Å².